The van der Waals surface area contributed by atoms with Crippen LogP contribution >= 0.6 is 11.8 Å². The lowest BCUT2D eigenvalue weighted by Gasteiger charge is -2.17. The topological polar surface area (TPSA) is 55.6 Å². The molecule has 0 radical (unpaired) electrons. The van der Waals surface area contributed by atoms with Crippen molar-refractivity contribution in [3.8, 4) is 5.75 Å². The third kappa shape index (κ3) is 4.11. The second kappa shape index (κ2) is 7.57. The van der Waals surface area contributed by atoms with Crippen molar-refractivity contribution in [2.24, 2.45) is 0 Å². The average molecular weight is 360 g/mol. The van der Waals surface area contributed by atoms with Gasteiger partial charge in [0.15, 0.2) is 17.1 Å². The molecule has 130 valence electrons. The van der Waals surface area contributed by atoms with E-state index in [-0.39, 0.29) is 17.4 Å². The number of nitrogens with zero attached hydrogens (tertiary/aromatic N) is 2. The molecule has 0 N–H and O–H groups in total. The summed E-state index contributed by atoms with van der Waals surface area (Å²) in [5, 5.41) is 0.457. The maximum Gasteiger partial charge on any atom is 0.257 e. The summed E-state index contributed by atoms with van der Waals surface area (Å²) in [7, 11) is 3.09. The highest BCUT2D eigenvalue weighted by atomic mass is 32.2. The van der Waals surface area contributed by atoms with E-state index in [4.69, 9.17) is 9.15 Å². The molecule has 1 heterocycles. The van der Waals surface area contributed by atoms with Crippen molar-refractivity contribution in [3.05, 3.63) is 53.8 Å². The van der Waals surface area contributed by atoms with Crippen LogP contribution in [-0.4, -0.2) is 35.7 Å². The molecule has 0 aliphatic carbocycles. The van der Waals surface area contributed by atoms with E-state index in [1.807, 2.05) is 24.3 Å². The molecule has 25 heavy (non-hydrogen) atoms. The molecule has 2 aromatic carbocycles. The molecular formula is C18H17FN2O3S. The van der Waals surface area contributed by atoms with Crippen LogP contribution in [0.25, 0.3) is 11.1 Å². The van der Waals surface area contributed by atoms with Gasteiger partial charge in [0.2, 0.25) is 5.91 Å². The zero-order valence-corrected chi connectivity index (χ0v) is 14.7. The number of carbonyl (C=O) groups is 1. The fraction of sp³-hybridized carbons (Fsp3) is 0.222. The molecular weight excluding hydrogens is 343 g/mol. The molecule has 3 rings (SSSR count). The van der Waals surface area contributed by atoms with Gasteiger partial charge in [-0.2, -0.15) is 0 Å². The van der Waals surface area contributed by atoms with Gasteiger partial charge in [-0.25, -0.2) is 9.37 Å². The highest BCUT2D eigenvalue weighted by Crippen LogP contribution is 2.23. The van der Waals surface area contributed by atoms with Crippen molar-refractivity contribution >= 4 is 28.8 Å². The zero-order chi connectivity index (χ0) is 17.8. The Kier molecular flexibility index (Phi) is 5.23. The van der Waals surface area contributed by atoms with E-state index in [9.17, 15) is 9.18 Å². The molecule has 1 aromatic heterocycles. The van der Waals surface area contributed by atoms with E-state index >= 15 is 0 Å². The Bertz CT molecular complexity index is 864. The van der Waals surface area contributed by atoms with Gasteiger partial charge in [-0.3, -0.25) is 4.79 Å². The summed E-state index contributed by atoms with van der Waals surface area (Å²) < 4.78 is 24.2. The Morgan fingerprint density at radius 1 is 1.32 bits per heavy atom. The van der Waals surface area contributed by atoms with Crippen LogP contribution in [0.5, 0.6) is 5.75 Å². The van der Waals surface area contributed by atoms with Crippen LogP contribution in [0.2, 0.25) is 0 Å². The minimum absolute atomic E-state index is 0.0940. The Balaban J connectivity index is 1.57. The number of oxazole rings is 1. The predicted molar refractivity (Wildman–Crippen MR) is 94.2 cm³/mol. The molecule has 0 atom stereocenters. The van der Waals surface area contributed by atoms with Crippen molar-refractivity contribution in [2.45, 2.75) is 11.8 Å². The van der Waals surface area contributed by atoms with Crippen molar-refractivity contribution in [2.75, 3.05) is 19.9 Å². The molecule has 0 aliphatic rings. The van der Waals surface area contributed by atoms with Gasteiger partial charge < -0.3 is 14.1 Å². The molecule has 0 fully saturated rings. The monoisotopic (exact) mass is 360 g/mol. The van der Waals surface area contributed by atoms with Gasteiger partial charge in [-0.15, -0.1) is 0 Å². The lowest BCUT2D eigenvalue weighted by molar-refractivity contribution is -0.127. The Morgan fingerprint density at radius 3 is 2.84 bits per heavy atom. The average Bonchev–Trinajstić information content (AvgIpc) is 3.02. The van der Waals surface area contributed by atoms with Gasteiger partial charge in [0, 0.05) is 13.6 Å². The summed E-state index contributed by atoms with van der Waals surface area (Å²) in [5.41, 5.74) is 2.15. The summed E-state index contributed by atoms with van der Waals surface area (Å²) in [6.45, 7) is 0.313. The maximum absolute atomic E-state index is 13.7. The number of aromatic nitrogens is 1. The number of halogens is 1. The smallest absolute Gasteiger partial charge is 0.257 e. The summed E-state index contributed by atoms with van der Waals surface area (Å²) in [6, 6.07) is 12.1. The number of fused-ring (bicyclic) bond motifs is 1. The molecule has 0 bridgehead atoms. The Labute approximate surface area is 148 Å². The van der Waals surface area contributed by atoms with Crippen molar-refractivity contribution < 1.29 is 18.3 Å². The molecule has 0 aliphatic heterocycles. The van der Waals surface area contributed by atoms with Gasteiger partial charge >= 0.3 is 0 Å². The van der Waals surface area contributed by atoms with Gasteiger partial charge in [-0.05, 0) is 29.8 Å². The van der Waals surface area contributed by atoms with E-state index in [0.717, 1.165) is 5.52 Å². The fourth-order valence-corrected chi connectivity index (χ4v) is 3.10. The number of ether oxygens (including phenoxy) is 1. The zero-order valence-electron chi connectivity index (χ0n) is 13.9. The van der Waals surface area contributed by atoms with Crippen molar-refractivity contribution in [3.63, 3.8) is 0 Å². The van der Waals surface area contributed by atoms with Crippen LogP contribution in [0.15, 0.2) is 52.1 Å². The molecule has 3 aromatic rings. The number of amides is 1. The summed E-state index contributed by atoms with van der Waals surface area (Å²) >= 11 is 1.24. The summed E-state index contributed by atoms with van der Waals surface area (Å²) in [5.74, 6) is -0.156. The number of para-hydroxylation sites is 2. The number of hydrogen-bond donors (Lipinski definition) is 0. The molecule has 5 nitrogen and oxygen atoms in total. The standard InChI is InChI=1S/C18H17FN2O3S/c1-21(10-12-7-8-15(23-2)13(19)9-12)17(22)11-25-18-20-14-5-3-4-6-16(14)24-18/h3-9H,10-11H2,1-2H3. The number of methoxy groups -OCH3 is 1. The van der Waals surface area contributed by atoms with Crippen LogP contribution in [0.4, 0.5) is 4.39 Å². The maximum atomic E-state index is 13.7. The SMILES string of the molecule is COc1ccc(CN(C)C(=O)CSc2nc3ccccc3o2)cc1F. The number of hydrogen-bond acceptors (Lipinski definition) is 5. The lowest BCUT2D eigenvalue weighted by Crippen LogP contribution is -2.27. The first-order valence-corrected chi connectivity index (χ1v) is 8.60. The third-order valence-electron chi connectivity index (χ3n) is 3.66. The van der Waals surface area contributed by atoms with E-state index < -0.39 is 5.82 Å². The molecule has 0 unspecified atom stereocenters. The second-order valence-electron chi connectivity index (χ2n) is 5.45. The van der Waals surface area contributed by atoms with Crippen LogP contribution in [-0.2, 0) is 11.3 Å². The number of benzene rings is 2. The molecule has 0 saturated heterocycles. The lowest BCUT2D eigenvalue weighted by atomic mass is 10.2. The molecule has 0 saturated carbocycles. The van der Waals surface area contributed by atoms with Crippen LogP contribution in [0.3, 0.4) is 0 Å². The van der Waals surface area contributed by atoms with Gasteiger partial charge in [0.05, 0.1) is 12.9 Å². The second-order valence-corrected chi connectivity index (χ2v) is 6.38. The number of carbonyl (C=O) groups excluding carboxylic acids is 1. The van der Waals surface area contributed by atoms with Crippen molar-refractivity contribution in [1.29, 1.82) is 0 Å². The Hall–Kier alpha value is -2.54. The first-order chi connectivity index (χ1) is 12.1. The highest BCUT2D eigenvalue weighted by Gasteiger charge is 2.14. The van der Waals surface area contributed by atoms with E-state index in [0.29, 0.717) is 22.9 Å². The van der Waals surface area contributed by atoms with Crippen LogP contribution in [0, 0.1) is 5.82 Å². The number of thioether (sulfide) groups is 1. The molecule has 0 spiro atoms. The normalized spacial score (nSPS) is 10.8. The van der Waals surface area contributed by atoms with Gasteiger partial charge in [0.25, 0.3) is 5.22 Å². The van der Waals surface area contributed by atoms with Gasteiger partial charge in [-0.1, -0.05) is 30.0 Å². The minimum atomic E-state index is -0.443. The summed E-state index contributed by atoms with van der Waals surface area (Å²) in [4.78, 5) is 18.1. The molecule has 7 heteroatoms. The van der Waals surface area contributed by atoms with Crippen LogP contribution in [0.1, 0.15) is 5.56 Å². The molecule has 1 amide bonds. The van der Waals surface area contributed by atoms with E-state index in [1.165, 1.54) is 29.8 Å². The third-order valence-corrected chi connectivity index (χ3v) is 4.47. The quantitative estimate of drug-likeness (QED) is 0.627. The first-order valence-electron chi connectivity index (χ1n) is 7.61. The minimum Gasteiger partial charge on any atom is -0.494 e. The number of rotatable bonds is 6. The predicted octanol–water partition coefficient (Wildman–Crippen LogP) is 3.73. The largest absolute Gasteiger partial charge is 0.494 e. The summed E-state index contributed by atoms with van der Waals surface area (Å²) in [6.07, 6.45) is 0. The van der Waals surface area contributed by atoms with E-state index in [1.54, 1.807) is 19.2 Å². The van der Waals surface area contributed by atoms with Crippen LogP contribution < -0.4 is 4.74 Å². The van der Waals surface area contributed by atoms with E-state index in [2.05, 4.69) is 4.98 Å². The Morgan fingerprint density at radius 2 is 2.12 bits per heavy atom. The highest BCUT2D eigenvalue weighted by molar-refractivity contribution is 7.99. The fourth-order valence-electron chi connectivity index (χ4n) is 2.32. The van der Waals surface area contributed by atoms with Crippen molar-refractivity contribution in [1.82, 2.24) is 9.88 Å². The van der Waals surface area contributed by atoms with Gasteiger partial charge in [0.1, 0.15) is 5.52 Å². The first kappa shape index (κ1) is 17.3.